The topological polar surface area (TPSA) is 57.7 Å². The monoisotopic (exact) mass is 330 g/mol. The van der Waals surface area contributed by atoms with E-state index in [4.69, 9.17) is 17.0 Å². The average Bonchev–Trinajstić information content (AvgIpc) is 3.09. The van der Waals surface area contributed by atoms with E-state index in [9.17, 15) is 4.79 Å². The number of thiocarbonyl (C=S) groups is 1. The number of fused-ring (bicyclic) bond motifs is 1. The zero-order chi connectivity index (χ0) is 16.4. The lowest BCUT2D eigenvalue weighted by atomic mass is 10.1. The molecule has 0 atom stereocenters. The van der Waals surface area contributed by atoms with Gasteiger partial charge < -0.3 is 10.1 Å². The van der Waals surface area contributed by atoms with Gasteiger partial charge >= 0.3 is 0 Å². The van der Waals surface area contributed by atoms with Gasteiger partial charge in [-0.05, 0) is 30.8 Å². The molecule has 120 valence electrons. The molecule has 1 saturated heterocycles. The Morgan fingerprint density at radius 3 is 2.78 bits per heavy atom. The number of ether oxygens (including phenoxy) is 1. The van der Waals surface area contributed by atoms with Crippen molar-refractivity contribution < 1.29 is 9.53 Å². The number of benzene rings is 1. The molecule has 1 N–H and O–H groups in total. The second-order valence-electron chi connectivity index (χ2n) is 5.19. The van der Waals surface area contributed by atoms with Crippen LogP contribution in [0, 0.1) is 0 Å². The first kappa shape index (κ1) is 15.5. The molecule has 1 aliphatic rings. The number of nitrogens with zero attached hydrogens (tertiary/aromatic N) is 3. The Morgan fingerprint density at radius 2 is 2.04 bits per heavy atom. The van der Waals surface area contributed by atoms with Gasteiger partial charge in [-0.3, -0.25) is 9.80 Å². The Labute approximate surface area is 140 Å². The number of amides is 1. The minimum Gasteiger partial charge on any atom is -0.496 e. The van der Waals surface area contributed by atoms with E-state index in [0.717, 1.165) is 23.9 Å². The van der Waals surface area contributed by atoms with E-state index in [1.807, 2.05) is 24.3 Å². The minimum atomic E-state index is -0.177. The van der Waals surface area contributed by atoms with Crippen LogP contribution in [0.15, 0.2) is 30.3 Å². The quantitative estimate of drug-likeness (QED) is 0.848. The second-order valence-corrected chi connectivity index (χ2v) is 5.57. The normalized spacial score (nSPS) is 14.2. The molecular weight excluding hydrogens is 312 g/mol. The molecule has 0 radical (unpaired) electrons. The van der Waals surface area contributed by atoms with Crippen LogP contribution in [0.1, 0.15) is 16.9 Å². The minimum absolute atomic E-state index is 0.177. The standard InChI is InChI=1S/C16H18N4O2S/c1-17-16(23)20-9-5-8-19(20)15(21)13-10-14(22-2)11-6-3-4-7-12(11)18-13/h3-4,6-7,10H,5,8-9H2,1-2H3,(H,17,23). The molecule has 1 aromatic heterocycles. The molecule has 23 heavy (non-hydrogen) atoms. The molecular formula is C16H18N4O2S. The molecule has 2 heterocycles. The summed E-state index contributed by atoms with van der Waals surface area (Å²) in [6.07, 6.45) is 0.873. The lowest BCUT2D eigenvalue weighted by Crippen LogP contribution is -2.48. The van der Waals surface area contributed by atoms with E-state index in [1.54, 1.807) is 30.2 Å². The van der Waals surface area contributed by atoms with Crippen molar-refractivity contribution in [2.24, 2.45) is 0 Å². The Balaban J connectivity index is 1.99. The summed E-state index contributed by atoms with van der Waals surface area (Å²) in [4.78, 5) is 17.4. The number of hydrogen-bond donors (Lipinski definition) is 1. The van der Waals surface area contributed by atoms with Gasteiger partial charge in [-0.2, -0.15) is 0 Å². The first-order valence-electron chi connectivity index (χ1n) is 7.40. The van der Waals surface area contributed by atoms with Crippen molar-refractivity contribution in [1.82, 2.24) is 20.3 Å². The third-order valence-corrected chi connectivity index (χ3v) is 4.25. The van der Waals surface area contributed by atoms with Gasteiger partial charge in [-0.15, -0.1) is 0 Å². The van der Waals surface area contributed by atoms with Gasteiger partial charge in [0.2, 0.25) is 0 Å². The van der Waals surface area contributed by atoms with E-state index in [0.29, 0.717) is 23.1 Å². The molecule has 6 nitrogen and oxygen atoms in total. The number of hydrazine groups is 1. The van der Waals surface area contributed by atoms with E-state index in [1.165, 1.54) is 0 Å². The van der Waals surface area contributed by atoms with Crippen molar-refractivity contribution in [2.75, 3.05) is 27.2 Å². The average molecular weight is 330 g/mol. The van der Waals surface area contributed by atoms with E-state index < -0.39 is 0 Å². The van der Waals surface area contributed by atoms with Crippen LogP contribution in [-0.4, -0.2) is 53.3 Å². The van der Waals surface area contributed by atoms with Gasteiger partial charge in [0.15, 0.2) is 5.11 Å². The number of pyridine rings is 1. The highest BCUT2D eigenvalue weighted by molar-refractivity contribution is 7.80. The molecule has 0 spiro atoms. The molecule has 7 heteroatoms. The fourth-order valence-electron chi connectivity index (χ4n) is 2.72. The number of hydrogen-bond acceptors (Lipinski definition) is 4. The van der Waals surface area contributed by atoms with Crippen LogP contribution in [0.2, 0.25) is 0 Å². The fraction of sp³-hybridized carbons (Fsp3) is 0.312. The lowest BCUT2D eigenvalue weighted by Gasteiger charge is -2.29. The van der Waals surface area contributed by atoms with E-state index in [2.05, 4.69) is 10.3 Å². The Kier molecular flexibility index (Phi) is 4.29. The largest absolute Gasteiger partial charge is 0.496 e. The molecule has 0 aliphatic carbocycles. The van der Waals surface area contributed by atoms with Crippen LogP contribution in [0.3, 0.4) is 0 Å². The SMILES string of the molecule is CNC(=S)N1CCCN1C(=O)c1cc(OC)c2ccccc2n1. The summed E-state index contributed by atoms with van der Waals surface area (Å²) in [5.41, 5.74) is 1.09. The molecule has 2 aromatic rings. The Bertz CT molecular complexity index is 765. The zero-order valence-electron chi connectivity index (χ0n) is 13.1. The maximum atomic E-state index is 12.9. The summed E-state index contributed by atoms with van der Waals surface area (Å²) >= 11 is 5.26. The molecule has 1 fully saturated rings. The van der Waals surface area contributed by atoms with Gasteiger partial charge in [0.1, 0.15) is 11.4 Å². The van der Waals surface area contributed by atoms with Gasteiger partial charge in [-0.25, -0.2) is 9.99 Å². The fourth-order valence-corrected chi connectivity index (χ4v) is 2.91. The number of nitrogens with one attached hydrogen (secondary N) is 1. The van der Waals surface area contributed by atoms with Crippen LogP contribution in [0.4, 0.5) is 0 Å². The van der Waals surface area contributed by atoms with Crippen LogP contribution < -0.4 is 10.1 Å². The molecule has 0 saturated carbocycles. The van der Waals surface area contributed by atoms with Crippen LogP contribution in [0.25, 0.3) is 10.9 Å². The first-order valence-corrected chi connectivity index (χ1v) is 7.81. The molecule has 1 amide bonds. The molecule has 1 aliphatic heterocycles. The summed E-state index contributed by atoms with van der Waals surface area (Å²) in [6, 6.07) is 9.29. The third kappa shape index (κ3) is 2.79. The van der Waals surface area contributed by atoms with E-state index >= 15 is 0 Å². The predicted octanol–water partition coefficient (Wildman–Crippen LogP) is 1.81. The van der Waals surface area contributed by atoms with Gasteiger partial charge in [0.25, 0.3) is 5.91 Å². The smallest absolute Gasteiger partial charge is 0.291 e. The zero-order valence-corrected chi connectivity index (χ0v) is 13.9. The number of carbonyl (C=O) groups is 1. The second kappa shape index (κ2) is 6.37. The first-order chi connectivity index (χ1) is 11.2. The summed E-state index contributed by atoms with van der Waals surface area (Å²) in [5.74, 6) is 0.463. The van der Waals surface area contributed by atoms with Crippen molar-refractivity contribution >= 4 is 34.1 Å². The number of aromatic nitrogens is 1. The summed E-state index contributed by atoms with van der Waals surface area (Å²) in [7, 11) is 3.34. The van der Waals surface area contributed by atoms with Crippen molar-refractivity contribution in [1.29, 1.82) is 0 Å². The highest BCUT2D eigenvalue weighted by atomic mass is 32.1. The number of methoxy groups -OCH3 is 1. The summed E-state index contributed by atoms with van der Waals surface area (Å²) in [5, 5.41) is 7.74. The Morgan fingerprint density at radius 1 is 1.30 bits per heavy atom. The molecule has 0 unspecified atom stereocenters. The number of para-hydroxylation sites is 1. The van der Waals surface area contributed by atoms with Crippen LogP contribution in [-0.2, 0) is 0 Å². The predicted molar refractivity (Wildman–Crippen MR) is 92.3 cm³/mol. The van der Waals surface area contributed by atoms with Gasteiger partial charge in [0, 0.05) is 31.6 Å². The number of carbonyl (C=O) groups excluding carboxylic acids is 1. The van der Waals surface area contributed by atoms with Crippen molar-refractivity contribution in [3.05, 3.63) is 36.0 Å². The Hall–Kier alpha value is -2.41. The van der Waals surface area contributed by atoms with Gasteiger partial charge in [0.05, 0.1) is 12.6 Å². The lowest BCUT2D eigenvalue weighted by molar-refractivity contribution is 0.0487. The summed E-state index contributed by atoms with van der Waals surface area (Å²) < 4.78 is 5.41. The maximum absolute atomic E-state index is 12.9. The highest BCUT2D eigenvalue weighted by Gasteiger charge is 2.30. The van der Waals surface area contributed by atoms with E-state index in [-0.39, 0.29) is 5.91 Å². The highest BCUT2D eigenvalue weighted by Crippen LogP contribution is 2.26. The number of rotatable bonds is 2. The van der Waals surface area contributed by atoms with Crippen LogP contribution >= 0.6 is 12.2 Å². The molecule has 3 rings (SSSR count). The van der Waals surface area contributed by atoms with Crippen molar-refractivity contribution in [3.8, 4) is 5.75 Å². The van der Waals surface area contributed by atoms with Crippen molar-refractivity contribution in [3.63, 3.8) is 0 Å². The summed E-state index contributed by atoms with van der Waals surface area (Å²) in [6.45, 7) is 1.34. The van der Waals surface area contributed by atoms with Crippen molar-refractivity contribution in [2.45, 2.75) is 6.42 Å². The van der Waals surface area contributed by atoms with Gasteiger partial charge in [-0.1, -0.05) is 12.1 Å². The molecule has 0 bridgehead atoms. The maximum Gasteiger partial charge on any atom is 0.291 e. The van der Waals surface area contributed by atoms with Crippen LogP contribution in [0.5, 0.6) is 5.75 Å². The molecule has 1 aromatic carbocycles. The third-order valence-electron chi connectivity index (χ3n) is 3.83.